The molecule has 2 aromatic carbocycles. The monoisotopic (exact) mass is 525 g/mol. The van der Waals surface area contributed by atoms with Crippen molar-refractivity contribution in [3.8, 4) is 5.75 Å². The summed E-state index contributed by atoms with van der Waals surface area (Å²) in [6, 6.07) is 20.8. The lowest BCUT2D eigenvalue weighted by Crippen LogP contribution is -2.52. The van der Waals surface area contributed by atoms with E-state index < -0.39 is 11.4 Å². The fraction of sp³-hybridized carbons (Fsp3) is 0.267. The highest BCUT2D eigenvalue weighted by Crippen LogP contribution is 2.27. The number of aromatic nitrogens is 2. The van der Waals surface area contributed by atoms with E-state index in [4.69, 9.17) is 9.94 Å². The number of rotatable bonds is 9. The Morgan fingerprint density at radius 3 is 2.69 bits per heavy atom. The van der Waals surface area contributed by atoms with E-state index in [0.717, 1.165) is 27.7 Å². The molecule has 5 rings (SSSR count). The smallest absolute Gasteiger partial charge is 0.251 e. The summed E-state index contributed by atoms with van der Waals surface area (Å²) in [5.41, 5.74) is 5.31. The summed E-state index contributed by atoms with van der Waals surface area (Å²) in [5, 5.41) is 13.3. The van der Waals surface area contributed by atoms with Gasteiger partial charge < -0.3 is 10.1 Å². The number of amides is 2. The Morgan fingerprint density at radius 1 is 1.10 bits per heavy atom. The van der Waals surface area contributed by atoms with E-state index >= 15 is 0 Å². The van der Waals surface area contributed by atoms with Crippen molar-refractivity contribution in [2.24, 2.45) is 0 Å². The maximum absolute atomic E-state index is 13.2. The summed E-state index contributed by atoms with van der Waals surface area (Å²) in [4.78, 5) is 36.3. The van der Waals surface area contributed by atoms with Crippen LogP contribution in [-0.4, -0.2) is 50.5 Å². The topological polar surface area (TPSA) is 117 Å². The van der Waals surface area contributed by atoms with Gasteiger partial charge in [0.25, 0.3) is 5.91 Å². The molecule has 0 spiro atoms. The van der Waals surface area contributed by atoms with Crippen molar-refractivity contribution in [2.75, 3.05) is 13.1 Å². The van der Waals surface area contributed by atoms with E-state index in [9.17, 15) is 9.59 Å². The number of hydrogen-bond donors (Lipinski definition) is 3. The van der Waals surface area contributed by atoms with Crippen molar-refractivity contribution in [3.63, 3.8) is 0 Å². The first-order valence-corrected chi connectivity index (χ1v) is 12.9. The zero-order valence-electron chi connectivity index (χ0n) is 21.8. The fourth-order valence-corrected chi connectivity index (χ4v) is 5.17. The quantitative estimate of drug-likeness (QED) is 0.225. The van der Waals surface area contributed by atoms with Gasteiger partial charge in [-0.1, -0.05) is 24.3 Å². The third-order valence-electron chi connectivity index (χ3n) is 7.00. The third kappa shape index (κ3) is 6.39. The van der Waals surface area contributed by atoms with Crippen LogP contribution in [0.4, 0.5) is 0 Å². The van der Waals surface area contributed by atoms with Crippen LogP contribution in [0.3, 0.4) is 0 Å². The van der Waals surface area contributed by atoms with E-state index in [-0.39, 0.29) is 12.3 Å². The number of benzene rings is 2. The van der Waals surface area contributed by atoms with Gasteiger partial charge in [0.05, 0.1) is 17.5 Å². The zero-order chi connectivity index (χ0) is 27.2. The number of fused-ring (bicyclic) bond motifs is 1. The second-order valence-corrected chi connectivity index (χ2v) is 10.0. The largest absolute Gasteiger partial charge is 0.489 e. The molecule has 1 fully saturated rings. The number of hydrogen-bond acceptors (Lipinski definition) is 7. The highest BCUT2D eigenvalue weighted by molar-refractivity contribution is 5.95. The molecule has 1 atom stereocenters. The van der Waals surface area contributed by atoms with Crippen LogP contribution in [0.15, 0.2) is 79.1 Å². The average Bonchev–Trinajstić information content (AvgIpc) is 3.33. The Bertz CT molecular complexity index is 1460. The van der Waals surface area contributed by atoms with Gasteiger partial charge >= 0.3 is 0 Å². The Morgan fingerprint density at radius 2 is 1.92 bits per heavy atom. The maximum atomic E-state index is 13.2. The van der Waals surface area contributed by atoms with Crippen LogP contribution in [0.5, 0.6) is 5.75 Å². The molecule has 9 heteroatoms. The van der Waals surface area contributed by atoms with Crippen LogP contribution in [-0.2, 0) is 17.9 Å². The number of para-hydroxylation sites is 1. The standard InChI is InChI=1S/C30H31N5O4/c1-21-15-24(26-6-2-3-7-27(26)32-21)19-39-25-10-8-23(9-11-25)29(37)33-30(16-28(36)34-38)12-14-35(20-30)18-22-5-4-13-31-17-22/h2-11,13,15,17,38H,12,14,16,18-20H2,1H3,(H,33,37)(H,34,36). The SMILES string of the molecule is Cc1cc(COc2ccc(C(=O)NC3(CC(=O)NO)CCN(Cc4cccnc4)C3)cc2)c2ccccc2n1. The number of carbonyl (C=O) groups is 2. The Labute approximate surface area is 226 Å². The molecule has 0 radical (unpaired) electrons. The van der Waals surface area contributed by atoms with E-state index in [0.29, 0.717) is 44.0 Å². The normalized spacial score (nSPS) is 17.2. The molecule has 1 unspecified atom stereocenters. The predicted molar refractivity (Wildman–Crippen MR) is 146 cm³/mol. The van der Waals surface area contributed by atoms with E-state index in [1.54, 1.807) is 42.1 Å². The van der Waals surface area contributed by atoms with Crippen molar-refractivity contribution in [3.05, 3.63) is 102 Å². The molecule has 1 aliphatic heterocycles. The van der Waals surface area contributed by atoms with Gasteiger partial charge in [-0.15, -0.1) is 0 Å². The van der Waals surface area contributed by atoms with Crippen LogP contribution < -0.4 is 15.5 Å². The first-order chi connectivity index (χ1) is 18.9. The molecule has 0 bridgehead atoms. The van der Waals surface area contributed by atoms with Crippen LogP contribution in [0.1, 0.15) is 40.0 Å². The van der Waals surface area contributed by atoms with Gasteiger partial charge in [0.2, 0.25) is 5.91 Å². The Kier molecular flexibility index (Phi) is 7.81. The number of nitrogens with zero attached hydrogens (tertiary/aromatic N) is 3. The van der Waals surface area contributed by atoms with Gasteiger partial charge in [-0.3, -0.25) is 29.7 Å². The lowest BCUT2D eigenvalue weighted by Gasteiger charge is -2.30. The summed E-state index contributed by atoms with van der Waals surface area (Å²) in [7, 11) is 0. The molecule has 3 heterocycles. The number of ether oxygens (including phenoxy) is 1. The van der Waals surface area contributed by atoms with Gasteiger partial charge in [-0.05, 0) is 61.4 Å². The summed E-state index contributed by atoms with van der Waals surface area (Å²) in [6.45, 7) is 4.17. The summed E-state index contributed by atoms with van der Waals surface area (Å²) >= 11 is 0. The predicted octanol–water partition coefficient (Wildman–Crippen LogP) is 3.79. The first kappa shape index (κ1) is 26.3. The minimum absolute atomic E-state index is 0.0285. The average molecular weight is 526 g/mol. The second kappa shape index (κ2) is 11.6. The van der Waals surface area contributed by atoms with Crippen LogP contribution in [0.2, 0.25) is 0 Å². The molecule has 3 N–H and O–H groups in total. The number of aryl methyl sites for hydroxylation is 1. The summed E-state index contributed by atoms with van der Waals surface area (Å²) in [5.74, 6) is -0.185. The van der Waals surface area contributed by atoms with Crippen molar-refractivity contribution in [2.45, 2.75) is 38.5 Å². The molecular weight excluding hydrogens is 494 g/mol. The molecule has 1 saturated heterocycles. The molecule has 0 saturated carbocycles. The second-order valence-electron chi connectivity index (χ2n) is 10.0. The lowest BCUT2D eigenvalue weighted by molar-refractivity contribution is -0.130. The molecule has 4 aromatic rings. The molecule has 0 aliphatic carbocycles. The summed E-state index contributed by atoms with van der Waals surface area (Å²) in [6.07, 6.45) is 4.08. The Hall–Kier alpha value is -4.34. The molecule has 1 aliphatic rings. The molecule has 2 amide bonds. The number of hydroxylamine groups is 1. The molecular formula is C30H31N5O4. The molecule has 2 aromatic heterocycles. The van der Waals surface area contributed by atoms with Crippen molar-refractivity contribution in [1.29, 1.82) is 0 Å². The van der Waals surface area contributed by atoms with Crippen LogP contribution in [0.25, 0.3) is 10.9 Å². The minimum atomic E-state index is -0.804. The zero-order valence-corrected chi connectivity index (χ0v) is 21.8. The van der Waals surface area contributed by atoms with Crippen molar-refractivity contribution in [1.82, 2.24) is 25.7 Å². The maximum Gasteiger partial charge on any atom is 0.251 e. The third-order valence-corrected chi connectivity index (χ3v) is 7.00. The molecule has 200 valence electrons. The minimum Gasteiger partial charge on any atom is -0.489 e. The number of nitrogens with one attached hydrogen (secondary N) is 2. The molecule has 9 nitrogen and oxygen atoms in total. The fourth-order valence-electron chi connectivity index (χ4n) is 5.17. The summed E-state index contributed by atoms with van der Waals surface area (Å²) < 4.78 is 6.03. The van der Waals surface area contributed by atoms with E-state index in [2.05, 4.69) is 20.2 Å². The highest BCUT2D eigenvalue weighted by atomic mass is 16.5. The van der Waals surface area contributed by atoms with E-state index in [1.165, 1.54) is 0 Å². The highest BCUT2D eigenvalue weighted by Gasteiger charge is 2.41. The van der Waals surface area contributed by atoms with Gasteiger partial charge in [-0.25, -0.2) is 5.48 Å². The first-order valence-electron chi connectivity index (χ1n) is 12.9. The van der Waals surface area contributed by atoms with E-state index in [1.807, 2.05) is 49.4 Å². The number of likely N-dealkylation sites (tertiary alicyclic amines) is 1. The van der Waals surface area contributed by atoms with Crippen LogP contribution in [0, 0.1) is 6.92 Å². The Balaban J connectivity index is 1.24. The van der Waals surface area contributed by atoms with Gasteiger partial charge in [-0.2, -0.15) is 0 Å². The number of carbonyl (C=O) groups excluding carboxylic acids is 2. The van der Waals surface area contributed by atoms with Gasteiger partial charge in [0, 0.05) is 54.2 Å². The van der Waals surface area contributed by atoms with Crippen molar-refractivity contribution >= 4 is 22.7 Å². The van der Waals surface area contributed by atoms with Crippen molar-refractivity contribution < 1.29 is 19.5 Å². The van der Waals surface area contributed by atoms with Crippen LogP contribution >= 0.6 is 0 Å². The van der Waals surface area contributed by atoms with Gasteiger partial charge in [0.1, 0.15) is 12.4 Å². The number of pyridine rings is 2. The lowest BCUT2D eigenvalue weighted by atomic mass is 9.93. The van der Waals surface area contributed by atoms with Gasteiger partial charge in [0.15, 0.2) is 0 Å². The molecule has 39 heavy (non-hydrogen) atoms.